The second kappa shape index (κ2) is 6.66. The average Bonchev–Trinajstić information content (AvgIpc) is 2.23. The summed E-state index contributed by atoms with van der Waals surface area (Å²) >= 11 is 0. The molecule has 0 saturated heterocycles. The van der Waals surface area contributed by atoms with Crippen molar-refractivity contribution in [3.8, 4) is 0 Å². The van der Waals surface area contributed by atoms with Gasteiger partial charge in [-0.3, -0.25) is 4.79 Å². The predicted molar refractivity (Wildman–Crippen MR) is 59.8 cm³/mol. The minimum absolute atomic E-state index is 0.230. The highest BCUT2D eigenvalue weighted by Crippen LogP contribution is 2.15. The first-order valence-electron chi connectivity index (χ1n) is 5.85. The van der Waals surface area contributed by atoms with Gasteiger partial charge in [0.2, 0.25) is 0 Å². The first-order valence-corrected chi connectivity index (χ1v) is 5.85. The highest BCUT2D eigenvalue weighted by atomic mass is 16.5. The molecule has 0 aliphatic carbocycles. The van der Waals surface area contributed by atoms with Crippen LogP contribution in [-0.4, -0.2) is 34.5 Å². The normalized spacial score (nSPS) is 34.2. The Morgan fingerprint density at radius 3 is 2.94 bits per heavy atom. The molecule has 0 saturated carbocycles. The molecular formula is C12H20O4. The minimum atomic E-state index is -0.865. The molecule has 0 aromatic rings. The van der Waals surface area contributed by atoms with Gasteiger partial charge in [-0.1, -0.05) is 25.5 Å². The summed E-state index contributed by atoms with van der Waals surface area (Å²) in [7, 11) is 0. The van der Waals surface area contributed by atoms with Crippen molar-refractivity contribution in [2.45, 2.75) is 57.3 Å². The molecule has 0 radical (unpaired) electrons. The van der Waals surface area contributed by atoms with E-state index in [0.29, 0.717) is 19.3 Å². The van der Waals surface area contributed by atoms with Crippen LogP contribution >= 0.6 is 0 Å². The Morgan fingerprint density at radius 1 is 1.50 bits per heavy atom. The first kappa shape index (κ1) is 13.2. The van der Waals surface area contributed by atoms with Crippen LogP contribution in [0.15, 0.2) is 12.2 Å². The quantitative estimate of drug-likeness (QED) is 0.550. The van der Waals surface area contributed by atoms with Gasteiger partial charge in [-0.15, -0.1) is 0 Å². The Kier molecular flexibility index (Phi) is 5.49. The third kappa shape index (κ3) is 4.33. The summed E-state index contributed by atoms with van der Waals surface area (Å²) in [5.74, 6) is -0.230. The van der Waals surface area contributed by atoms with Crippen molar-refractivity contribution in [1.82, 2.24) is 0 Å². The topological polar surface area (TPSA) is 66.8 Å². The third-order valence-corrected chi connectivity index (χ3v) is 2.66. The van der Waals surface area contributed by atoms with E-state index in [-0.39, 0.29) is 12.1 Å². The molecule has 0 aromatic carbocycles. The summed E-state index contributed by atoms with van der Waals surface area (Å²) in [5, 5.41) is 19.3. The number of allylic oxidation sites excluding steroid dienone is 1. The summed E-state index contributed by atoms with van der Waals surface area (Å²) in [6.45, 7) is 2.00. The molecule has 0 aromatic heterocycles. The van der Waals surface area contributed by atoms with Gasteiger partial charge >= 0.3 is 5.97 Å². The Bertz CT molecular complexity index is 249. The monoisotopic (exact) mass is 228 g/mol. The molecule has 0 bridgehead atoms. The van der Waals surface area contributed by atoms with Gasteiger partial charge in [-0.05, 0) is 12.8 Å². The van der Waals surface area contributed by atoms with E-state index in [1.807, 2.05) is 6.92 Å². The smallest absolute Gasteiger partial charge is 0.306 e. The van der Waals surface area contributed by atoms with Crippen LogP contribution in [-0.2, 0) is 9.53 Å². The Morgan fingerprint density at radius 2 is 2.25 bits per heavy atom. The van der Waals surface area contributed by atoms with Crippen molar-refractivity contribution in [1.29, 1.82) is 0 Å². The van der Waals surface area contributed by atoms with Crippen LogP contribution in [0, 0.1) is 0 Å². The molecule has 0 amide bonds. The van der Waals surface area contributed by atoms with Gasteiger partial charge in [0.15, 0.2) is 0 Å². The lowest BCUT2D eigenvalue weighted by Gasteiger charge is -2.23. The van der Waals surface area contributed by atoms with Crippen LogP contribution < -0.4 is 0 Å². The van der Waals surface area contributed by atoms with Crippen molar-refractivity contribution in [2.75, 3.05) is 0 Å². The van der Waals surface area contributed by atoms with Gasteiger partial charge in [0.05, 0.1) is 12.2 Å². The maximum Gasteiger partial charge on any atom is 0.306 e. The van der Waals surface area contributed by atoms with E-state index in [1.165, 1.54) is 0 Å². The number of carbonyl (C=O) groups is 1. The molecule has 4 heteroatoms. The van der Waals surface area contributed by atoms with Crippen LogP contribution in [0.5, 0.6) is 0 Å². The maximum absolute atomic E-state index is 11.4. The van der Waals surface area contributed by atoms with E-state index in [2.05, 4.69) is 0 Å². The lowest BCUT2D eigenvalue weighted by Crippen LogP contribution is -2.31. The fraction of sp³-hybridized carbons (Fsp3) is 0.750. The molecule has 2 N–H and O–H groups in total. The highest BCUT2D eigenvalue weighted by molar-refractivity contribution is 5.69. The van der Waals surface area contributed by atoms with E-state index in [1.54, 1.807) is 12.2 Å². The number of hydrogen-bond acceptors (Lipinski definition) is 4. The Labute approximate surface area is 95.9 Å². The van der Waals surface area contributed by atoms with Gasteiger partial charge in [-0.25, -0.2) is 0 Å². The predicted octanol–water partition coefficient (Wildman–Crippen LogP) is 1.16. The van der Waals surface area contributed by atoms with E-state index < -0.39 is 12.2 Å². The zero-order chi connectivity index (χ0) is 12.0. The van der Waals surface area contributed by atoms with Gasteiger partial charge in [0, 0.05) is 12.8 Å². The summed E-state index contributed by atoms with van der Waals surface area (Å²) in [5.41, 5.74) is 0. The molecule has 1 aliphatic rings. The number of ether oxygens (including phenoxy) is 1. The third-order valence-electron chi connectivity index (χ3n) is 2.66. The van der Waals surface area contributed by atoms with Gasteiger partial charge < -0.3 is 14.9 Å². The number of aliphatic hydroxyl groups excluding tert-OH is 2. The SMILES string of the molecule is CCC[C@H]1C[C@@H](O)[C@@H](O)/C=C\CCC(=O)O1. The molecule has 1 heterocycles. The van der Waals surface area contributed by atoms with Crippen LogP contribution in [0.4, 0.5) is 0 Å². The second-order valence-electron chi connectivity index (χ2n) is 4.16. The largest absolute Gasteiger partial charge is 0.462 e. The van der Waals surface area contributed by atoms with E-state index in [9.17, 15) is 15.0 Å². The zero-order valence-corrected chi connectivity index (χ0v) is 9.63. The van der Waals surface area contributed by atoms with Gasteiger partial charge in [0.25, 0.3) is 0 Å². The Hall–Kier alpha value is -0.870. The van der Waals surface area contributed by atoms with E-state index >= 15 is 0 Å². The zero-order valence-electron chi connectivity index (χ0n) is 9.63. The van der Waals surface area contributed by atoms with Crippen molar-refractivity contribution in [3.05, 3.63) is 12.2 Å². The molecule has 1 aliphatic heterocycles. The van der Waals surface area contributed by atoms with Crippen molar-refractivity contribution in [2.24, 2.45) is 0 Å². The van der Waals surface area contributed by atoms with E-state index in [0.717, 1.165) is 12.8 Å². The van der Waals surface area contributed by atoms with Crippen molar-refractivity contribution in [3.63, 3.8) is 0 Å². The van der Waals surface area contributed by atoms with Crippen LogP contribution in [0.2, 0.25) is 0 Å². The molecule has 4 nitrogen and oxygen atoms in total. The number of cyclic esters (lactones) is 1. The second-order valence-corrected chi connectivity index (χ2v) is 4.16. The highest BCUT2D eigenvalue weighted by Gasteiger charge is 2.22. The number of aliphatic hydroxyl groups is 2. The number of esters is 1. The Balaban J connectivity index is 2.65. The van der Waals surface area contributed by atoms with Crippen LogP contribution in [0.1, 0.15) is 39.0 Å². The van der Waals surface area contributed by atoms with Crippen LogP contribution in [0.3, 0.4) is 0 Å². The van der Waals surface area contributed by atoms with Crippen LogP contribution in [0.25, 0.3) is 0 Å². The average molecular weight is 228 g/mol. The number of carbonyl (C=O) groups excluding carboxylic acids is 1. The van der Waals surface area contributed by atoms with Crippen molar-refractivity contribution >= 4 is 5.97 Å². The van der Waals surface area contributed by atoms with E-state index in [4.69, 9.17) is 4.74 Å². The molecule has 0 unspecified atom stereocenters. The molecule has 0 fully saturated rings. The molecule has 16 heavy (non-hydrogen) atoms. The van der Waals surface area contributed by atoms with Crippen molar-refractivity contribution < 1.29 is 19.7 Å². The standard InChI is InChI=1S/C12H20O4/c1-2-5-9-8-11(14)10(13)6-3-4-7-12(15)16-9/h3,6,9-11,13-14H,2,4-5,7-8H2,1H3/b6-3-/t9-,10-,11+/m0/s1. The summed E-state index contributed by atoms with van der Waals surface area (Å²) in [6.07, 6.45) is 4.02. The molecule has 0 spiro atoms. The fourth-order valence-electron chi connectivity index (χ4n) is 1.77. The molecular weight excluding hydrogens is 208 g/mol. The molecule has 92 valence electrons. The number of hydrogen-bond donors (Lipinski definition) is 2. The lowest BCUT2D eigenvalue weighted by atomic mass is 10.0. The lowest BCUT2D eigenvalue weighted by molar-refractivity contribution is -0.151. The molecule has 3 atom stereocenters. The maximum atomic E-state index is 11.4. The minimum Gasteiger partial charge on any atom is -0.462 e. The summed E-state index contributed by atoms with van der Waals surface area (Å²) in [4.78, 5) is 11.4. The van der Waals surface area contributed by atoms with Gasteiger partial charge in [-0.2, -0.15) is 0 Å². The summed E-state index contributed by atoms with van der Waals surface area (Å²) in [6, 6.07) is 0. The first-order chi connectivity index (χ1) is 7.63. The number of rotatable bonds is 2. The summed E-state index contributed by atoms with van der Waals surface area (Å²) < 4.78 is 5.24. The molecule has 1 rings (SSSR count). The van der Waals surface area contributed by atoms with Gasteiger partial charge in [0.1, 0.15) is 6.10 Å². The fourth-order valence-corrected chi connectivity index (χ4v) is 1.77.